The molecule has 1 amide bonds. The standard InChI is InChI=1S/C19H31N5O/c1-14(2)18(25)24-10-9-16(13-24)22-19(20-3)21-12-15-7-6-8-17(11-15)23(4)5/h6-8,11,14,16H,9-10,12-13H2,1-5H3,(H2,20,21,22). The summed E-state index contributed by atoms with van der Waals surface area (Å²) in [5, 5.41) is 6.79. The van der Waals surface area contributed by atoms with Crippen molar-refractivity contribution in [3.8, 4) is 0 Å². The maximum atomic E-state index is 12.1. The van der Waals surface area contributed by atoms with E-state index in [0.29, 0.717) is 6.54 Å². The van der Waals surface area contributed by atoms with Crippen LogP contribution in [0.3, 0.4) is 0 Å². The maximum Gasteiger partial charge on any atom is 0.225 e. The van der Waals surface area contributed by atoms with E-state index >= 15 is 0 Å². The minimum absolute atomic E-state index is 0.0557. The number of likely N-dealkylation sites (tertiary alicyclic amines) is 1. The van der Waals surface area contributed by atoms with Crippen LogP contribution >= 0.6 is 0 Å². The number of carbonyl (C=O) groups is 1. The molecule has 1 saturated heterocycles. The number of aliphatic imine (C=N–C) groups is 1. The molecule has 0 saturated carbocycles. The topological polar surface area (TPSA) is 60.0 Å². The normalized spacial score (nSPS) is 17.8. The van der Waals surface area contributed by atoms with Gasteiger partial charge in [0.25, 0.3) is 0 Å². The van der Waals surface area contributed by atoms with E-state index in [2.05, 4.69) is 44.8 Å². The Morgan fingerprint density at radius 2 is 2.16 bits per heavy atom. The van der Waals surface area contributed by atoms with Crippen LogP contribution in [0.2, 0.25) is 0 Å². The van der Waals surface area contributed by atoms with Crippen LogP contribution in [0.4, 0.5) is 5.69 Å². The highest BCUT2D eigenvalue weighted by atomic mass is 16.2. The number of rotatable bonds is 5. The molecule has 0 aliphatic carbocycles. The third kappa shape index (κ3) is 5.37. The van der Waals surface area contributed by atoms with Crippen LogP contribution in [-0.4, -0.2) is 57.0 Å². The molecule has 2 N–H and O–H groups in total. The molecular weight excluding hydrogens is 314 g/mol. The Bertz CT molecular complexity index is 612. The van der Waals surface area contributed by atoms with Crippen LogP contribution in [0, 0.1) is 5.92 Å². The van der Waals surface area contributed by atoms with Crippen LogP contribution in [0.1, 0.15) is 25.8 Å². The van der Waals surface area contributed by atoms with Gasteiger partial charge in [0.15, 0.2) is 5.96 Å². The van der Waals surface area contributed by atoms with Gasteiger partial charge in [-0.3, -0.25) is 9.79 Å². The fourth-order valence-corrected chi connectivity index (χ4v) is 2.96. The molecule has 0 radical (unpaired) electrons. The second kappa shape index (κ2) is 8.74. The number of benzene rings is 1. The largest absolute Gasteiger partial charge is 0.378 e. The Balaban J connectivity index is 1.85. The lowest BCUT2D eigenvalue weighted by molar-refractivity contribution is -0.133. The van der Waals surface area contributed by atoms with Gasteiger partial charge >= 0.3 is 0 Å². The van der Waals surface area contributed by atoms with Crippen molar-refractivity contribution in [2.24, 2.45) is 10.9 Å². The molecular formula is C19H31N5O. The van der Waals surface area contributed by atoms with Gasteiger partial charge in [-0.25, -0.2) is 0 Å². The fraction of sp³-hybridized carbons (Fsp3) is 0.579. The summed E-state index contributed by atoms with van der Waals surface area (Å²) in [5.74, 6) is 1.06. The molecule has 6 nitrogen and oxygen atoms in total. The first-order valence-electron chi connectivity index (χ1n) is 8.93. The summed E-state index contributed by atoms with van der Waals surface area (Å²) in [7, 11) is 5.85. The van der Waals surface area contributed by atoms with Crippen LogP contribution < -0.4 is 15.5 Å². The molecule has 1 aliphatic rings. The zero-order valence-electron chi connectivity index (χ0n) is 16.0. The molecule has 1 heterocycles. The number of guanidine groups is 1. The molecule has 1 fully saturated rings. The summed E-state index contributed by atoms with van der Waals surface area (Å²) in [6.07, 6.45) is 0.954. The number of hydrogen-bond donors (Lipinski definition) is 2. The van der Waals surface area contributed by atoms with Gasteiger partial charge in [-0.2, -0.15) is 0 Å². The quantitative estimate of drug-likeness (QED) is 0.630. The molecule has 0 aromatic heterocycles. The van der Waals surface area contributed by atoms with E-state index < -0.39 is 0 Å². The van der Waals surface area contributed by atoms with Crippen LogP contribution in [-0.2, 0) is 11.3 Å². The first-order chi connectivity index (χ1) is 11.9. The Morgan fingerprint density at radius 1 is 1.40 bits per heavy atom. The first kappa shape index (κ1) is 19.1. The second-order valence-electron chi connectivity index (χ2n) is 7.06. The molecule has 1 aromatic carbocycles. The fourth-order valence-electron chi connectivity index (χ4n) is 2.96. The second-order valence-corrected chi connectivity index (χ2v) is 7.06. The lowest BCUT2D eigenvalue weighted by Crippen LogP contribution is -2.45. The van der Waals surface area contributed by atoms with E-state index in [1.165, 1.54) is 11.3 Å². The number of hydrogen-bond acceptors (Lipinski definition) is 3. The Labute approximate surface area is 151 Å². The van der Waals surface area contributed by atoms with Gasteiger partial charge in [0.1, 0.15) is 0 Å². The summed E-state index contributed by atoms with van der Waals surface area (Å²) in [6.45, 7) is 6.17. The van der Waals surface area contributed by atoms with Crippen molar-refractivity contribution in [3.05, 3.63) is 29.8 Å². The minimum atomic E-state index is 0.0557. The Morgan fingerprint density at radius 3 is 2.80 bits per heavy atom. The van der Waals surface area contributed by atoms with Crippen LogP contribution in [0.15, 0.2) is 29.3 Å². The number of amides is 1. The lowest BCUT2D eigenvalue weighted by atomic mass is 10.2. The summed E-state index contributed by atoms with van der Waals surface area (Å²) < 4.78 is 0. The van der Waals surface area contributed by atoms with Crippen molar-refractivity contribution in [1.82, 2.24) is 15.5 Å². The molecule has 25 heavy (non-hydrogen) atoms. The number of carbonyl (C=O) groups excluding carboxylic acids is 1. The van der Waals surface area contributed by atoms with Gasteiger partial charge in [-0.15, -0.1) is 0 Å². The van der Waals surface area contributed by atoms with Crippen molar-refractivity contribution < 1.29 is 4.79 Å². The highest BCUT2D eigenvalue weighted by Crippen LogP contribution is 2.14. The van der Waals surface area contributed by atoms with Crippen molar-refractivity contribution in [1.29, 1.82) is 0 Å². The van der Waals surface area contributed by atoms with Gasteiger partial charge in [0.2, 0.25) is 5.91 Å². The predicted molar refractivity (Wildman–Crippen MR) is 104 cm³/mol. The summed E-state index contributed by atoms with van der Waals surface area (Å²) in [4.78, 5) is 20.4. The van der Waals surface area contributed by atoms with E-state index in [1.54, 1.807) is 7.05 Å². The molecule has 1 aliphatic heterocycles. The number of anilines is 1. The van der Waals surface area contributed by atoms with Crippen LogP contribution in [0.5, 0.6) is 0 Å². The average molecular weight is 345 g/mol. The zero-order chi connectivity index (χ0) is 18.4. The molecule has 1 unspecified atom stereocenters. The van der Waals surface area contributed by atoms with E-state index in [9.17, 15) is 4.79 Å². The van der Waals surface area contributed by atoms with Crippen molar-refractivity contribution in [2.75, 3.05) is 39.1 Å². The molecule has 0 spiro atoms. The van der Waals surface area contributed by atoms with Gasteiger partial charge < -0.3 is 20.4 Å². The summed E-state index contributed by atoms with van der Waals surface area (Å²) >= 11 is 0. The predicted octanol–water partition coefficient (Wildman–Crippen LogP) is 1.67. The maximum absolute atomic E-state index is 12.1. The van der Waals surface area contributed by atoms with Crippen molar-refractivity contribution in [3.63, 3.8) is 0 Å². The molecule has 1 atom stereocenters. The van der Waals surface area contributed by atoms with E-state index in [0.717, 1.165) is 25.5 Å². The third-order valence-electron chi connectivity index (χ3n) is 4.45. The Hall–Kier alpha value is -2.24. The monoisotopic (exact) mass is 345 g/mol. The molecule has 138 valence electrons. The van der Waals surface area contributed by atoms with E-state index in [-0.39, 0.29) is 17.9 Å². The Kier molecular flexibility index (Phi) is 6.67. The highest BCUT2D eigenvalue weighted by molar-refractivity contribution is 5.81. The number of nitrogens with one attached hydrogen (secondary N) is 2. The van der Waals surface area contributed by atoms with Gasteiger partial charge in [-0.05, 0) is 24.1 Å². The minimum Gasteiger partial charge on any atom is -0.378 e. The molecule has 2 rings (SSSR count). The highest BCUT2D eigenvalue weighted by Gasteiger charge is 2.27. The smallest absolute Gasteiger partial charge is 0.225 e. The van der Waals surface area contributed by atoms with E-state index in [4.69, 9.17) is 0 Å². The van der Waals surface area contributed by atoms with Gasteiger partial charge in [0.05, 0.1) is 0 Å². The summed E-state index contributed by atoms with van der Waals surface area (Å²) in [6, 6.07) is 8.68. The first-order valence-corrected chi connectivity index (χ1v) is 8.93. The molecule has 0 bridgehead atoms. The van der Waals surface area contributed by atoms with Gasteiger partial charge in [-0.1, -0.05) is 26.0 Å². The lowest BCUT2D eigenvalue weighted by Gasteiger charge is -2.20. The van der Waals surface area contributed by atoms with Crippen molar-refractivity contribution in [2.45, 2.75) is 32.9 Å². The van der Waals surface area contributed by atoms with Gasteiger partial charge in [0, 0.05) is 58.4 Å². The molecule has 1 aromatic rings. The number of nitrogens with zero attached hydrogens (tertiary/aromatic N) is 3. The zero-order valence-corrected chi connectivity index (χ0v) is 16.0. The van der Waals surface area contributed by atoms with Crippen molar-refractivity contribution >= 4 is 17.6 Å². The van der Waals surface area contributed by atoms with Crippen LogP contribution in [0.25, 0.3) is 0 Å². The average Bonchev–Trinajstić information content (AvgIpc) is 3.06. The molecule has 6 heteroatoms. The third-order valence-corrected chi connectivity index (χ3v) is 4.45. The SMILES string of the molecule is CN=C(NCc1cccc(N(C)C)c1)NC1CCN(C(=O)C(C)C)C1. The van der Waals surface area contributed by atoms with E-state index in [1.807, 2.05) is 32.8 Å². The summed E-state index contributed by atoms with van der Waals surface area (Å²) in [5.41, 5.74) is 2.39.